The maximum absolute atomic E-state index is 12.6. The topological polar surface area (TPSA) is 91.1 Å². The van der Waals surface area contributed by atoms with Gasteiger partial charge in [-0.3, -0.25) is 4.90 Å². The number of carboxylic acids is 1. The molecule has 1 N–H and O–H groups in total. The van der Waals surface area contributed by atoms with E-state index in [1.54, 1.807) is 0 Å². The zero-order valence-corrected chi connectivity index (χ0v) is 14.1. The number of carbonyl (C=O) groups is 1. The summed E-state index contributed by atoms with van der Waals surface area (Å²) < 4.78 is 31.4. The zero-order valence-electron chi connectivity index (χ0n) is 11.7. The van der Waals surface area contributed by atoms with Crippen LogP contribution in [0.5, 0.6) is 0 Å². The highest BCUT2D eigenvalue weighted by atomic mass is 79.9. The molecule has 0 saturated carbocycles. The van der Waals surface area contributed by atoms with Crippen LogP contribution in [-0.2, 0) is 10.0 Å². The van der Waals surface area contributed by atoms with Crippen molar-refractivity contribution in [3.05, 3.63) is 16.5 Å². The molecule has 2 heterocycles. The molecule has 1 saturated heterocycles. The number of sulfonamides is 1. The van der Waals surface area contributed by atoms with E-state index in [1.165, 1.54) is 4.31 Å². The Bertz CT molecular complexity index is 642. The third kappa shape index (κ3) is 3.15. The number of hydrogen-bond donors (Lipinski definition) is 1. The first-order chi connectivity index (χ1) is 9.77. The largest absolute Gasteiger partial charge is 0.475 e. The molecule has 0 aliphatic carbocycles. The van der Waals surface area contributed by atoms with Crippen LogP contribution in [0.15, 0.2) is 20.0 Å². The van der Waals surface area contributed by atoms with Gasteiger partial charge in [-0.1, -0.05) is 6.92 Å². The molecule has 1 aromatic heterocycles. The van der Waals surface area contributed by atoms with Crippen LogP contribution in [0.2, 0.25) is 0 Å². The van der Waals surface area contributed by atoms with Gasteiger partial charge in [0.1, 0.15) is 4.90 Å². The molecule has 0 bridgehead atoms. The highest BCUT2D eigenvalue weighted by Gasteiger charge is 2.35. The van der Waals surface area contributed by atoms with Crippen molar-refractivity contribution in [1.29, 1.82) is 0 Å². The first-order valence-electron chi connectivity index (χ1n) is 6.54. The lowest BCUT2D eigenvalue weighted by Gasteiger charge is -2.38. The molecule has 1 unspecified atom stereocenters. The van der Waals surface area contributed by atoms with Crippen LogP contribution in [0.25, 0.3) is 0 Å². The number of likely N-dealkylation sites (N-methyl/N-ethyl adjacent to an activating group) is 1. The minimum atomic E-state index is -3.77. The third-order valence-electron chi connectivity index (χ3n) is 3.62. The summed E-state index contributed by atoms with van der Waals surface area (Å²) in [7, 11) is -3.77. The quantitative estimate of drug-likeness (QED) is 0.849. The average molecular weight is 381 g/mol. The molecule has 9 heteroatoms. The molecule has 118 valence electrons. The summed E-state index contributed by atoms with van der Waals surface area (Å²) in [5, 5.41) is 8.88. The molecule has 0 amide bonds. The second kappa shape index (κ2) is 6.07. The van der Waals surface area contributed by atoms with Crippen molar-refractivity contribution in [2.75, 3.05) is 26.2 Å². The lowest BCUT2D eigenvalue weighted by Crippen LogP contribution is -2.53. The smallest absolute Gasteiger partial charge is 0.371 e. The van der Waals surface area contributed by atoms with E-state index < -0.39 is 21.8 Å². The number of nitrogens with zero attached hydrogens (tertiary/aromatic N) is 2. The number of piperazine rings is 1. The zero-order chi connectivity index (χ0) is 15.8. The van der Waals surface area contributed by atoms with E-state index in [1.807, 2.05) is 13.8 Å². The number of aromatic carboxylic acids is 1. The monoisotopic (exact) mass is 380 g/mol. The lowest BCUT2D eigenvalue weighted by molar-refractivity contribution is 0.0661. The summed E-state index contributed by atoms with van der Waals surface area (Å²) in [5.74, 6) is -1.71. The van der Waals surface area contributed by atoms with E-state index in [9.17, 15) is 13.2 Å². The van der Waals surface area contributed by atoms with Crippen LogP contribution >= 0.6 is 15.9 Å². The van der Waals surface area contributed by atoms with Crippen molar-refractivity contribution < 1.29 is 22.7 Å². The Kier molecular flexibility index (Phi) is 4.76. The predicted octanol–water partition coefficient (Wildman–Crippen LogP) is 1.46. The molecule has 1 fully saturated rings. The normalized spacial score (nSPS) is 21.6. The number of rotatable bonds is 4. The molecular weight excluding hydrogens is 364 g/mol. The van der Waals surface area contributed by atoms with Gasteiger partial charge in [-0.15, -0.1) is 0 Å². The lowest BCUT2D eigenvalue weighted by atomic mass is 10.2. The third-order valence-corrected chi connectivity index (χ3v) is 6.34. The Morgan fingerprint density at radius 2 is 2.19 bits per heavy atom. The molecule has 0 spiro atoms. The second-order valence-corrected chi connectivity index (χ2v) is 7.52. The molecule has 2 rings (SSSR count). The van der Waals surface area contributed by atoms with E-state index in [-0.39, 0.29) is 15.6 Å². The van der Waals surface area contributed by atoms with Crippen LogP contribution in [0.3, 0.4) is 0 Å². The van der Waals surface area contributed by atoms with E-state index in [0.29, 0.717) is 19.6 Å². The fourth-order valence-corrected chi connectivity index (χ4v) is 4.84. The average Bonchev–Trinajstić information content (AvgIpc) is 2.81. The van der Waals surface area contributed by atoms with Crippen molar-refractivity contribution in [3.63, 3.8) is 0 Å². The van der Waals surface area contributed by atoms with Crippen molar-refractivity contribution in [1.82, 2.24) is 9.21 Å². The van der Waals surface area contributed by atoms with Gasteiger partial charge < -0.3 is 9.52 Å². The number of carboxylic acid groups (broad SMARTS) is 1. The van der Waals surface area contributed by atoms with Crippen molar-refractivity contribution in [2.24, 2.45) is 0 Å². The van der Waals surface area contributed by atoms with Crippen LogP contribution in [0, 0.1) is 0 Å². The van der Waals surface area contributed by atoms with Gasteiger partial charge in [0.05, 0.1) is 0 Å². The van der Waals surface area contributed by atoms with Gasteiger partial charge >= 0.3 is 5.97 Å². The molecule has 1 atom stereocenters. The molecule has 1 aromatic rings. The summed E-state index contributed by atoms with van der Waals surface area (Å²) in [4.78, 5) is 12.9. The first kappa shape index (κ1) is 16.5. The summed E-state index contributed by atoms with van der Waals surface area (Å²) in [6.07, 6.45) is 0. The van der Waals surface area contributed by atoms with Crippen molar-refractivity contribution >= 4 is 31.9 Å². The Hall–Kier alpha value is -0.900. The Morgan fingerprint density at radius 3 is 2.67 bits per heavy atom. The standard InChI is InChI=1S/C12H17BrN2O5S/c1-3-14-4-5-15(7-8(14)2)21(18,19)10-6-9(12(16)17)20-11(10)13/h6,8H,3-5,7H2,1-2H3,(H,16,17). The minimum absolute atomic E-state index is 0.0783. The molecule has 0 radical (unpaired) electrons. The van der Waals surface area contributed by atoms with Crippen molar-refractivity contribution in [2.45, 2.75) is 24.8 Å². The Balaban J connectivity index is 2.29. The van der Waals surface area contributed by atoms with Crippen LogP contribution in [0.4, 0.5) is 0 Å². The molecular formula is C12H17BrN2O5S. The summed E-state index contributed by atoms with van der Waals surface area (Å²) in [5.41, 5.74) is 0. The van der Waals surface area contributed by atoms with Gasteiger partial charge in [0.15, 0.2) is 4.67 Å². The summed E-state index contributed by atoms with van der Waals surface area (Å²) in [6, 6.07) is 1.15. The van der Waals surface area contributed by atoms with E-state index in [4.69, 9.17) is 9.52 Å². The Morgan fingerprint density at radius 1 is 1.52 bits per heavy atom. The maximum atomic E-state index is 12.6. The maximum Gasteiger partial charge on any atom is 0.371 e. The predicted molar refractivity (Wildman–Crippen MR) is 78.8 cm³/mol. The van der Waals surface area contributed by atoms with Gasteiger partial charge in [0, 0.05) is 31.7 Å². The Labute approximate surface area is 131 Å². The number of halogens is 1. The number of hydrogen-bond acceptors (Lipinski definition) is 5. The fraction of sp³-hybridized carbons (Fsp3) is 0.583. The molecule has 1 aliphatic rings. The second-order valence-electron chi connectivity index (χ2n) is 4.89. The van der Waals surface area contributed by atoms with E-state index in [0.717, 1.165) is 12.6 Å². The summed E-state index contributed by atoms with van der Waals surface area (Å²) in [6.45, 7) is 6.27. The SMILES string of the molecule is CCN1CCN(S(=O)(=O)c2cc(C(=O)O)oc2Br)CC1C. The fourth-order valence-electron chi connectivity index (χ4n) is 2.42. The minimum Gasteiger partial charge on any atom is -0.475 e. The molecule has 1 aliphatic heterocycles. The van der Waals surface area contributed by atoms with E-state index in [2.05, 4.69) is 20.8 Å². The molecule has 7 nitrogen and oxygen atoms in total. The van der Waals surface area contributed by atoms with Gasteiger partial charge in [-0.25, -0.2) is 13.2 Å². The highest BCUT2D eigenvalue weighted by Crippen LogP contribution is 2.29. The van der Waals surface area contributed by atoms with Gasteiger partial charge in [0.25, 0.3) is 0 Å². The van der Waals surface area contributed by atoms with Crippen molar-refractivity contribution in [3.8, 4) is 0 Å². The first-order valence-corrected chi connectivity index (χ1v) is 8.77. The number of furan rings is 1. The highest BCUT2D eigenvalue weighted by molar-refractivity contribution is 9.10. The van der Waals surface area contributed by atoms with E-state index >= 15 is 0 Å². The van der Waals surface area contributed by atoms with Crippen LogP contribution in [0.1, 0.15) is 24.4 Å². The molecule has 21 heavy (non-hydrogen) atoms. The van der Waals surface area contributed by atoms with Gasteiger partial charge in [-0.2, -0.15) is 4.31 Å². The van der Waals surface area contributed by atoms with Crippen LogP contribution < -0.4 is 0 Å². The van der Waals surface area contributed by atoms with Gasteiger partial charge in [0.2, 0.25) is 15.8 Å². The van der Waals surface area contributed by atoms with Gasteiger partial charge in [-0.05, 0) is 29.4 Å². The van der Waals surface area contributed by atoms with Crippen LogP contribution in [-0.4, -0.2) is 60.9 Å². The summed E-state index contributed by atoms with van der Waals surface area (Å²) >= 11 is 2.98. The molecule has 0 aromatic carbocycles.